The Balaban J connectivity index is 1.94. The molecule has 0 bridgehead atoms. The van der Waals surface area contributed by atoms with Crippen LogP contribution in [0.25, 0.3) is 0 Å². The fraction of sp³-hybridized carbons (Fsp3) is 0.533. The highest BCUT2D eigenvalue weighted by atomic mass is 35.5. The van der Waals surface area contributed by atoms with Crippen molar-refractivity contribution >= 4 is 29.1 Å². The van der Waals surface area contributed by atoms with E-state index in [0.717, 1.165) is 19.5 Å². The van der Waals surface area contributed by atoms with Gasteiger partial charge in [0.15, 0.2) is 0 Å². The molecule has 1 atom stereocenters. The summed E-state index contributed by atoms with van der Waals surface area (Å²) in [6.07, 6.45) is 0.458. The van der Waals surface area contributed by atoms with Crippen LogP contribution in [0.15, 0.2) is 18.2 Å². The lowest BCUT2D eigenvalue weighted by Crippen LogP contribution is -2.50. The highest BCUT2D eigenvalue weighted by Gasteiger charge is 2.23. The molecule has 0 radical (unpaired) electrons. The van der Waals surface area contributed by atoms with Crippen LogP contribution in [0.1, 0.15) is 23.7 Å². The van der Waals surface area contributed by atoms with Crippen molar-refractivity contribution in [3.8, 4) is 0 Å². The number of aliphatic hydroxyl groups is 1. The summed E-state index contributed by atoms with van der Waals surface area (Å²) in [7, 11) is 0. The Morgan fingerprint density at radius 3 is 2.29 bits per heavy atom. The molecule has 1 aliphatic heterocycles. The number of piperazine rings is 1. The van der Waals surface area contributed by atoms with Crippen molar-refractivity contribution in [2.45, 2.75) is 19.4 Å². The largest absolute Gasteiger partial charge is 0.392 e. The van der Waals surface area contributed by atoms with Crippen molar-refractivity contribution in [2.75, 3.05) is 32.7 Å². The molecular formula is C15H20Cl2N2O2. The van der Waals surface area contributed by atoms with Gasteiger partial charge in [-0.15, -0.1) is 0 Å². The molecule has 6 heteroatoms. The van der Waals surface area contributed by atoms with Crippen LogP contribution in [-0.2, 0) is 0 Å². The Labute approximate surface area is 135 Å². The Kier molecular flexibility index (Phi) is 5.88. The summed E-state index contributed by atoms with van der Waals surface area (Å²) in [6.45, 7) is 5.49. The predicted molar refractivity (Wildman–Crippen MR) is 85.1 cm³/mol. The number of hydrogen-bond donors (Lipinski definition) is 1. The maximum absolute atomic E-state index is 12.4. The van der Waals surface area contributed by atoms with Gasteiger partial charge in [0, 0.05) is 48.3 Å². The van der Waals surface area contributed by atoms with Crippen LogP contribution in [-0.4, -0.2) is 59.6 Å². The number of amides is 1. The van der Waals surface area contributed by atoms with Crippen LogP contribution < -0.4 is 0 Å². The first-order valence-corrected chi connectivity index (χ1v) is 7.91. The molecule has 1 aromatic carbocycles. The summed E-state index contributed by atoms with van der Waals surface area (Å²) in [5, 5.41) is 10.6. The topological polar surface area (TPSA) is 43.8 Å². The van der Waals surface area contributed by atoms with E-state index in [2.05, 4.69) is 4.90 Å². The molecule has 1 aromatic rings. The molecule has 4 nitrogen and oxygen atoms in total. The summed E-state index contributed by atoms with van der Waals surface area (Å²) < 4.78 is 0. The summed E-state index contributed by atoms with van der Waals surface area (Å²) in [6, 6.07) is 4.90. The van der Waals surface area contributed by atoms with Gasteiger partial charge in [-0.25, -0.2) is 0 Å². The Morgan fingerprint density at radius 1 is 1.19 bits per heavy atom. The molecule has 0 spiro atoms. The number of rotatable bonds is 4. The number of aliphatic hydroxyl groups excluding tert-OH is 1. The molecule has 1 N–H and O–H groups in total. The minimum Gasteiger partial charge on any atom is -0.392 e. The van der Waals surface area contributed by atoms with E-state index in [4.69, 9.17) is 23.2 Å². The van der Waals surface area contributed by atoms with Gasteiger partial charge in [0.05, 0.1) is 6.10 Å². The molecule has 1 fully saturated rings. The molecule has 1 unspecified atom stereocenters. The van der Waals surface area contributed by atoms with Gasteiger partial charge in [-0.2, -0.15) is 0 Å². The maximum Gasteiger partial charge on any atom is 0.254 e. The van der Waals surface area contributed by atoms with Crippen LogP contribution in [0.3, 0.4) is 0 Å². The number of β-amino-alcohol motifs (C(OH)–C–C–N with tert-alkyl or cyclic N) is 1. The monoisotopic (exact) mass is 330 g/mol. The molecular weight excluding hydrogens is 311 g/mol. The number of benzene rings is 1. The fourth-order valence-electron chi connectivity index (χ4n) is 2.42. The quantitative estimate of drug-likeness (QED) is 0.922. The van der Waals surface area contributed by atoms with Gasteiger partial charge in [0.25, 0.3) is 5.91 Å². The minimum absolute atomic E-state index is 0.0462. The number of carbonyl (C=O) groups is 1. The third kappa shape index (κ3) is 4.58. The molecule has 0 saturated carbocycles. The second-order valence-corrected chi connectivity index (χ2v) is 6.19. The van der Waals surface area contributed by atoms with E-state index in [9.17, 15) is 9.90 Å². The zero-order chi connectivity index (χ0) is 15.4. The molecule has 1 aliphatic rings. The van der Waals surface area contributed by atoms with E-state index < -0.39 is 0 Å². The van der Waals surface area contributed by atoms with Crippen molar-refractivity contribution in [3.05, 3.63) is 33.8 Å². The summed E-state index contributed by atoms with van der Waals surface area (Å²) in [4.78, 5) is 16.4. The standard InChI is InChI=1S/C15H20Cl2N2O2/c1-2-14(20)10-18-3-5-19(6-4-18)15(21)11-7-12(16)9-13(17)8-11/h7-9,14,20H,2-6,10H2,1H3. The molecule has 0 aromatic heterocycles. The first-order chi connectivity index (χ1) is 9.99. The molecule has 0 aliphatic carbocycles. The molecule has 1 heterocycles. The number of hydrogen-bond acceptors (Lipinski definition) is 3. The smallest absolute Gasteiger partial charge is 0.254 e. The van der Waals surface area contributed by atoms with Gasteiger partial charge < -0.3 is 10.0 Å². The van der Waals surface area contributed by atoms with Crippen molar-refractivity contribution in [1.82, 2.24) is 9.80 Å². The average Bonchev–Trinajstić information content (AvgIpc) is 2.46. The molecule has 21 heavy (non-hydrogen) atoms. The summed E-state index contributed by atoms with van der Waals surface area (Å²) in [5.41, 5.74) is 0.523. The van der Waals surface area contributed by atoms with E-state index in [-0.39, 0.29) is 12.0 Å². The highest BCUT2D eigenvalue weighted by molar-refractivity contribution is 6.35. The van der Waals surface area contributed by atoms with E-state index in [0.29, 0.717) is 35.2 Å². The van der Waals surface area contributed by atoms with Crippen LogP contribution in [0.5, 0.6) is 0 Å². The summed E-state index contributed by atoms with van der Waals surface area (Å²) in [5.74, 6) is -0.0462. The normalized spacial score (nSPS) is 17.8. The molecule has 116 valence electrons. The number of halogens is 2. The van der Waals surface area contributed by atoms with Crippen LogP contribution >= 0.6 is 23.2 Å². The van der Waals surface area contributed by atoms with Gasteiger partial charge in [0.2, 0.25) is 0 Å². The zero-order valence-corrected chi connectivity index (χ0v) is 13.6. The Morgan fingerprint density at radius 2 is 1.76 bits per heavy atom. The molecule has 1 amide bonds. The molecule has 1 saturated heterocycles. The molecule has 2 rings (SSSR count). The minimum atomic E-state index is -0.293. The lowest BCUT2D eigenvalue weighted by atomic mass is 10.1. The third-order valence-electron chi connectivity index (χ3n) is 3.71. The highest BCUT2D eigenvalue weighted by Crippen LogP contribution is 2.20. The first kappa shape index (κ1) is 16.6. The Bertz CT molecular complexity index is 482. The van der Waals surface area contributed by atoms with E-state index in [1.165, 1.54) is 0 Å². The van der Waals surface area contributed by atoms with Crippen LogP contribution in [0.2, 0.25) is 10.0 Å². The fourth-order valence-corrected chi connectivity index (χ4v) is 2.95. The lowest BCUT2D eigenvalue weighted by Gasteiger charge is -2.35. The zero-order valence-electron chi connectivity index (χ0n) is 12.1. The SMILES string of the molecule is CCC(O)CN1CCN(C(=O)c2cc(Cl)cc(Cl)c2)CC1. The van der Waals surface area contributed by atoms with E-state index >= 15 is 0 Å². The third-order valence-corrected chi connectivity index (χ3v) is 4.15. The second kappa shape index (κ2) is 7.45. The summed E-state index contributed by atoms with van der Waals surface area (Å²) >= 11 is 11.9. The van der Waals surface area contributed by atoms with Gasteiger partial charge in [-0.05, 0) is 24.6 Å². The number of carbonyl (C=O) groups excluding carboxylic acids is 1. The van der Waals surface area contributed by atoms with Gasteiger partial charge in [-0.3, -0.25) is 9.69 Å². The lowest BCUT2D eigenvalue weighted by molar-refractivity contribution is 0.0524. The maximum atomic E-state index is 12.4. The van der Waals surface area contributed by atoms with Crippen molar-refractivity contribution < 1.29 is 9.90 Å². The van der Waals surface area contributed by atoms with E-state index in [1.807, 2.05) is 6.92 Å². The predicted octanol–water partition coefficient (Wildman–Crippen LogP) is 2.52. The first-order valence-electron chi connectivity index (χ1n) is 7.15. The average molecular weight is 331 g/mol. The van der Waals surface area contributed by atoms with Gasteiger partial charge in [-0.1, -0.05) is 30.1 Å². The number of nitrogens with zero attached hydrogens (tertiary/aromatic N) is 2. The van der Waals surface area contributed by atoms with Gasteiger partial charge >= 0.3 is 0 Å². The van der Waals surface area contributed by atoms with E-state index in [1.54, 1.807) is 23.1 Å². The van der Waals surface area contributed by atoms with Crippen molar-refractivity contribution in [1.29, 1.82) is 0 Å². The van der Waals surface area contributed by atoms with Gasteiger partial charge in [0.1, 0.15) is 0 Å². The second-order valence-electron chi connectivity index (χ2n) is 5.31. The van der Waals surface area contributed by atoms with Crippen molar-refractivity contribution in [2.24, 2.45) is 0 Å². The Hall–Kier alpha value is -0.810. The van der Waals surface area contributed by atoms with Crippen LogP contribution in [0.4, 0.5) is 0 Å². The van der Waals surface area contributed by atoms with Crippen LogP contribution in [0, 0.1) is 0 Å². The van der Waals surface area contributed by atoms with Crippen molar-refractivity contribution in [3.63, 3.8) is 0 Å².